The van der Waals surface area contributed by atoms with E-state index < -0.39 is 11.7 Å². The van der Waals surface area contributed by atoms with Crippen molar-refractivity contribution in [1.82, 2.24) is 4.90 Å². The quantitative estimate of drug-likeness (QED) is 0.693. The molecule has 0 radical (unpaired) electrons. The van der Waals surface area contributed by atoms with E-state index in [1.807, 2.05) is 0 Å². The molecule has 0 aromatic heterocycles. The van der Waals surface area contributed by atoms with Crippen LogP contribution in [0.3, 0.4) is 0 Å². The Morgan fingerprint density at radius 1 is 1.41 bits per heavy atom. The molecule has 0 unspecified atom stereocenters. The zero-order chi connectivity index (χ0) is 16.3. The highest BCUT2D eigenvalue weighted by Crippen LogP contribution is 2.22. The topological polar surface area (TPSA) is 107 Å². The number of phenols is 1. The second-order valence-electron chi connectivity index (χ2n) is 4.44. The molecule has 1 aliphatic heterocycles. The number of hydrogen-bond acceptors (Lipinski definition) is 6. The van der Waals surface area contributed by atoms with Gasteiger partial charge in [0.05, 0.1) is 5.75 Å². The number of aromatic hydroxyl groups is 1. The maximum absolute atomic E-state index is 11.8. The molecular formula is C13H12N2O5S2. The van der Waals surface area contributed by atoms with E-state index in [2.05, 4.69) is 5.32 Å². The Bertz CT molecular complexity index is 646. The summed E-state index contributed by atoms with van der Waals surface area (Å²) in [5.74, 6) is -1.88. The third-order valence-electron chi connectivity index (χ3n) is 2.91. The summed E-state index contributed by atoms with van der Waals surface area (Å²) >= 11 is 6.27. The minimum Gasteiger partial charge on any atom is -0.507 e. The normalized spacial score (nSPS) is 14.3. The highest BCUT2D eigenvalue weighted by molar-refractivity contribution is 8.23. The minimum atomic E-state index is -1.26. The second-order valence-corrected chi connectivity index (χ2v) is 6.04. The minimum absolute atomic E-state index is 0.0495. The van der Waals surface area contributed by atoms with E-state index >= 15 is 0 Å². The first-order valence-corrected chi connectivity index (χ1v) is 7.61. The number of carboxylic acid groups (broad SMARTS) is 1. The van der Waals surface area contributed by atoms with Crippen molar-refractivity contribution in [3.63, 3.8) is 0 Å². The van der Waals surface area contributed by atoms with E-state index in [1.54, 1.807) is 0 Å². The molecule has 22 heavy (non-hydrogen) atoms. The molecule has 1 heterocycles. The van der Waals surface area contributed by atoms with E-state index in [0.29, 0.717) is 10.1 Å². The van der Waals surface area contributed by atoms with Crippen LogP contribution in [-0.2, 0) is 9.59 Å². The molecule has 2 rings (SSSR count). The van der Waals surface area contributed by atoms with Gasteiger partial charge in [0.25, 0.3) is 0 Å². The van der Waals surface area contributed by atoms with Crippen molar-refractivity contribution in [1.29, 1.82) is 0 Å². The molecule has 1 saturated heterocycles. The smallest absolute Gasteiger partial charge is 0.339 e. The van der Waals surface area contributed by atoms with Crippen LogP contribution in [0.25, 0.3) is 0 Å². The van der Waals surface area contributed by atoms with E-state index in [9.17, 15) is 19.5 Å². The van der Waals surface area contributed by atoms with Crippen molar-refractivity contribution in [2.24, 2.45) is 0 Å². The van der Waals surface area contributed by atoms with Crippen LogP contribution >= 0.6 is 24.0 Å². The molecule has 7 nitrogen and oxygen atoms in total. The molecule has 1 aromatic rings. The molecule has 0 saturated carbocycles. The molecule has 2 amide bonds. The molecule has 116 valence electrons. The van der Waals surface area contributed by atoms with E-state index in [-0.39, 0.29) is 36.0 Å². The van der Waals surface area contributed by atoms with Crippen molar-refractivity contribution in [3.8, 4) is 5.75 Å². The van der Waals surface area contributed by atoms with Gasteiger partial charge in [-0.25, -0.2) is 4.79 Å². The molecule has 0 bridgehead atoms. The number of nitrogens with one attached hydrogen (secondary N) is 1. The summed E-state index contributed by atoms with van der Waals surface area (Å²) in [6.45, 7) is 0.190. The van der Waals surface area contributed by atoms with Gasteiger partial charge in [0.1, 0.15) is 15.6 Å². The van der Waals surface area contributed by atoms with Crippen LogP contribution in [0.2, 0.25) is 0 Å². The predicted octanol–water partition coefficient (Wildman–Crippen LogP) is 1.28. The maximum Gasteiger partial charge on any atom is 0.339 e. The monoisotopic (exact) mass is 340 g/mol. The van der Waals surface area contributed by atoms with Gasteiger partial charge >= 0.3 is 5.97 Å². The SMILES string of the molecule is O=C(CCN1C(=O)CSC1=S)Nc1ccc(C(=O)O)c(O)c1. The molecule has 1 fully saturated rings. The van der Waals surface area contributed by atoms with Crippen molar-refractivity contribution in [2.45, 2.75) is 6.42 Å². The van der Waals surface area contributed by atoms with Crippen LogP contribution in [0.15, 0.2) is 18.2 Å². The van der Waals surface area contributed by atoms with Crippen LogP contribution in [0.1, 0.15) is 16.8 Å². The van der Waals surface area contributed by atoms with Crippen LogP contribution in [0, 0.1) is 0 Å². The highest BCUT2D eigenvalue weighted by Gasteiger charge is 2.26. The number of hydrogen-bond donors (Lipinski definition) is 3. The number of carbonyl (C=O) groups is 3. The van der Waals surface area contributed by atoms with Crippen molar-refractivity contribution in [3.05, 3.63) is 23.8 Å². The highest BCUT2D eigenvalue weighted by atomic mass is 32.2. The average Bonchev–Trinajstić information content (AvgIpc) is 2.75. The molecule has 1 aromatic carbocycles. The summed E-state index contributed by atoms with van der Waals surface area (Å²) in [7, 11) is 0. The Morgan fingerprint density at radius 3 is 2.68 bits per heavy atom. The van der Waals surface area contributed by atoms with Gasteiger partial charge < -0.3 is 15.5 Å². The lowest BCUT2D eigenvalue weighted by molar-refractivity contribution is -0.124. The number of anilines is 1. The third-order valence-corrected chi connectivity index (χ3v) is 4.35. The predicted molar refractivity (Wildman–Crippen MR) is 85.1 cm³/mol. The summed E-state index contributed by atoms with van der Waals surface area (Å²) < 4.78 is 0.459. The van der Waals surface area contributed by atoms with Crippen molar-refractivity contribution in [2.75, 3.05) is 17.6 Å². The van der Waals surface area contributed by atoms with Gasteiger partial charge in [-0.2, -0.15) is 0 Å². The molecule has 0 aliphatic carbocycles. The molecule has 0 atom stereocenters. The number of thiocarbonyl (C=S) groups is 1. The third kappa shape index (κ3) is 3.74. The first-order valence-electron chi connectivity index (χ1n) is 6.22. The number of nitrogens with zero attached hydrogens (tertiary/aromatic N) is 1. The number of aromatic carboxylic acids is 1. The molecule has 0 spiro atoms. The van der Waals surface area contributed by atoms with Gasteiger partial charge in [0.15, 0.2) is 0 Å². The second kappa shape index (κ2) is 6.75. The fourth-order valence-electron chi connectivity index (χ4n) is 1.82. The Hall–Kier alpha value is -2.13. The summed E-state index contributed by atoms with van der Waals surface area (Å²) in [6.07, 6.45) is 0.0495. The Kier molecular flexibility index (Phi) is 4.99. The lowest BCUT2D eigenvalue weighted by atomic mass is 10.2. The number of benzene rings is 1. The summed E-state index contributed by atoms with van der Waals surface area (Å²) in [5, 5.41) is 20.9. The Labute approximate surface area is 135 Å². The molecule has 9 heteroatoms. The van der Waals surface area contributed by atoms with Gasteiger partial charge in [-0.15, -0.1) is 0 Å². The van der Waals surface area contributed by atoms with Gasteiger partial charge in [-0.3, -0.25) is 14.5 Å². The number of rotatable bonds is 5. The first-order chi connectivity index (χ1) is 10.4. The number of amides is 2. The van der Waals surface area contributed by atoms with Crippen LogP contribution in [0.4, 0.5) is 5.69 Å². The Morgan fingerprint density at radius 2 is 2.14 bits per heavy atom. The van der Waals surface area contributed by atoms with E-state index in [4.69, 9.17) is 17.3 Å². The summed E-state index contributed by atoms with van der Waals surface area (Å²) in [4.78, 5) is 35.5. The zero-order valence-electron chi connectivity index (χ0n) is 11.2. The Balaban J connectivity index is 1.92. The fraction of sp³-hybridized carbons (Fsp3) is 0.231. The standard InChI is InChI=1S/C13H12N2O5S2/c16-9-5-7(1-2-8(9)12(19)20)14-10(17)3-4-15-11(18)6-22-13(15)21/h1-2,5,16H,3-4,6H2,(H,14,17)(H,19,20). The van der Waals surface area contributed by atoms with Gasteiger partial charge in [-0.05, 0) is 12.1 Å². The van der Waals surface area contributed by atoms with Crippen LogP contribution in [0.5, 0.6) is 5.75 Å². The molecule has 3 N–H and O–H groups in total. The van der Waals surface area contributed by atoms with E-state index in [1.165, 1.54) is 28.8 Å². The molecular weight excluding hydrogens is 328 g/mol. The number of carboxylic acids is 1. The number of thioether (sulfide) groups is 1. The van der Waals surface area contributed by atoms with E-state index in [0.717, 1.165) is 6.07 Å². The molecule has 1 aliphatic rings. The van der Waals surface area contributed by atoms with Crippen molar-refractivity contribution >= 4 is 51.8 Å². The summed E-state index contributed by atoms with van der Waals surface area (Å²) in [5.41, 5.74) is 0.0280. The van der Waals surface area contributed by atoms with Crippen molar-refractivity contribution < 1.29 is 24.6 Å². The van der Waals surface area contributed by atoms with Gasteiger partial charge in [-0.1, -0.05) is 24.0 Å². The van der Waals surface area contributed by atoms with Gasteiger partial charge in [0.2, 0.25) is 11.8 Å². The maximum atomic E-state index is 11.8. The van der Waals surface area contributed by atoms with Gasteiger partial charge in [0, 0.05) is 24.7 Å². The zero-order valence-corrected chi connectivity index (χ0v) is 12.9. The largest absolute Gasteiger partial charge is 0.507 e. The first kappa shape index (κ1) is 16.2. The van der Waals surface area contributed by atoms with Crippen LogP contribution in [-0.4, -0.2) is 49.5 Å². The summed E-state index contributed by atoms with van der Waals surface area (Å²) in [6, 6.07) is 3.73. The fourth-order valence-corrected chi connectivity index (χ4v) is 2.95. The average molecular weight is 340 g/mol. The number of carbonyl (C=O) groups excluding carboxylic acids is 2. The van der Waals surface area contributed by atoms with Crippen LogP contribution < -0.4 is 5.32 Å². The lowest BCUT2D eigenvalue weighted by Crippen LogP contribution is -2.31. The lowest BCUT2D eigenvalue weighted by Gasteiger charge is -2.14.